The van der Waals surface area contributed by atoms with Crippen molar-refractivity contribution in [3.05, 3.63) is 51.9 Å². The van der Waals surface area contributed by atoms with Gasteiger partial charge in [0, 0.05) is 18.8 Å². The molecule has 0 aliphatic heterocycles. The third-order valence-electron chi connectivity index (χ3n) is 2.73. The lowest BCUT2D eigenvalue weighted by molar-refractivity contribution is 0.461. The van der Waals surface area contributed by atoms with E-state index in [0.29, 0.717) is 17.3 Å². The van der Waals surface area contributed by atoms with Crippen LogP contribution in [-0.2, 0) is 6.54 Å². The molecule has 0 aliphatic rings. The maximum Gasteiger partial charge on any atom is 0.238 e. The van der Waals surface area contributed by atoms with Crippen molar-refractivity contribution in [3.63, 3.8) is 0 Å². The van der Waals surface area contributed by atoms with E-state index < -0.39 is 5.82 Å². The fraction of sp³-hybridized carbons (Fsp3) is 0.267. The lowest BCUT2D eigenvalue weighted by Crippen LogP contribution is -2.13. The average Bonchev–Trinajstić information content (AvgIpc) is 2.46. The molecule has 0 aliphatic carbocycles. The van der Waals surface area contributed by atoms with Gasteiger partial charge in [-0.25, -0.2) is 9.37 Å². The van der Waals surface area contributed by atoms with Crippen molar-refractivity contribution >= 4 is 23.2 Å². The Balaban J connectivity index is 2.08. The summed E-state index contributed by atoms with van der Waals surface area (Å²) in [6.07, 6.45) is 2.75. The summed E-state index contributed by atoms with van der Waals surface area (Å²) < 4.78 is 18.6. The van der Waals surface area contributed by atoms with Crippen molar-refractivity contribution in [1.82, 2.24) is 10.3 Å². The molecule has 0 spiro atoms. The quantitative estimate of drug-likeness (QED) is 0.772. The minimum Gasteiger partial charge on any atom is -0.437 e. The minimum atomic E-state index is -0.500. The summed E-state index contributed by atoms with van der Waals surface area (Å²) in [7, 11) is 0. The standard InChI is InChI=1S/C15H15Cl2FN2O/c1-2-5-19-8-10-6-13(17)15(20-9-10)21-11-3-4-14(18)12(16)7-11/h3-4,6-7,9,19H,2,5,8H2,1H3. The molecule has 0 bridgehead atoms. The molecular weight excluding hydrogens is 314 g/mol. The molecule has 3 nitrogen and oxygen atoms in total. The monoisotopic (exact) mass is 328 g/mol. The van der Waals surface area contributed by atoms with Crippen molar-refractivity contribution in [1.29, 1.82) is 0 Å². The van der Waals surface area contributed by atoms with E-state index in [4.69, 9.17) is 27.9 Å². The molecule has 0 atom stereocenters. The number of rotatable bonds is 6. The van der Waals surface area contributed by atoms with E-state index >= 15 is 0 Å². The Bertz CT molecular complexity index is 623. The van der Waals surface area contributed by atoms with E-state index in [1.165, 1.54) is 18.2 Å². The van der Waals surface area contributed by atoms with E-state index in [2.05, 4.69) is 17.2 Å². The third kappa shape index (κ3) is 4.56. The topological polar surface area (TPSA) is 34.2 Å². The first kappa shape index (κ1) is 16.0. The van der Waals surface area contributed by atoms with Gasteiger partial charge in [0.2, 0.25) is 5.88 Å². The zero-order valence-electron chi connectivity index (χ0n) is 11.5. The molecule has 6 heteroatoms. The first-order valence-electron chi connectivity index (χ1n) is 6.58. The van der Waals surface area contributed by atoms with Crippen LogP contribution in [0.2, 0.25) is 10.0 Å². The molecule has 0 saturated carbocycles. The summed E-state index contributed by atoms with van der Waals surface area (Å²) in [5, 5.41) is 3.65. The van der Waals surface area contributed by atoms with E-state index in [0.717, 1.165) is 18.5 Å². The second kappa shape index (κ2) is 7.59. The van der Waals surface area contributed by atoms with Gasteiger partial charge in [-0.15, -0.1) is 0 Å². The molecule has 2 rings (SSSR count). The Labute approximate surface area is 133 Å². The number of aromatic nitrogens is 1. The lowest BCUT2D eigenvalue weighted by atomic mass is 10.3. The Morgan fingerprint density at radius 3 is 2.71 bits per heavy atom. The van der Waals surface area contributed by atoms with Crippen LogP contribution in [0.25, 0.3) is 0 Å². The van der Waals surface area contributed by atoms with Crippen molar-refractivity contribution in [2.24, 2.45) is 0 Å². The molecule has 0 saturated heterocycles. The van der Waals surface area contributed by atoms with Crippen molar-refractivity contribution < 1.29 is 9.13 Å². The van der Waals surface area contributed by atoms with Gasteiger partial charge in [-0.3, -0.25) is 0 Å². The SMILES string of the molecule is CCCNCc1cnc(Oc2ccc(F)c(Cl)c2)c(Cl)c1. The molecule has 0 fully saturated rings. The second-order valence-electron chi connectivity index (χ2n) is 4.49. The molecule has 1 N–H and O–H groups in total. The smallest absolute Gasteiger partial charge is 0.238 e. The molecule has 112 valence electrons. The maximum atomic E-state index is 13.1. The maximum absolute atomic E-state index is 13.1. The molecule has 2 aromatic rings. The highest BCUT2D eigenvalue weighted by Gasteiger charge is 2.08. The van der Waals surface area contributed by atoms with Crippen molar-refractivity contribution in [2.45, 2.75) is 19.9 Å². The number of benzene rings is 1. The number of hydrogen-bond donors (Lipinski definition) is 1. The van der Waals surface area contributed by atoms with Crippen molar-refractivity contribution in [2.75, 3.05) is 6.54 Å². The Morgan fingerprint density at radius 2 is 2.05 bits per heavy atom. The third-order valence-corrected chi connectivity index (χ3v) is 3.29. The second-order valence-corrected chi connectivity index (χ2v) is 5.30. The van der Waals surface area contributed by atoms with Crippen LogP contribution in [0, 0.1) is 5.82 Å². The summed E-state index contributed by atoms with van der Waals surface area (Å²) in [5.74, 6) is 0.145. The molecule has 1 aromatic carbocycles. The minimum absolute atomic E-state index is 0.0102. The van der Waals surface area contributed by atoms with E-state index in [1.54, 1.807) is 12.3 Å². The summed E-state index contributed by atoms with van der Waals surface area (Å²) in [6, 6.07) is 5.87. The normalized spacial score (nSPS) is 10.7. The highest BCUT2D eigenvalue weighted by Crippen LogP contribution is 2.29. The molecular formula is C15H15Cl2FN2O. The number of pyridine rings is 1. The average molecular weight is 329 g/mol. The van der Waals surface area contributed by atoms with E-state index in [9.17, 15) is 4.39 Å². The van der Waals surface area contributed by atoms with Gasteiger partial charge in [0.15, 0.2) is 0 Å². The predicted octanol–water partition coefficient (Wildman–Crippen LogP) is 4.82. The van der Waals surface area contributed by atoms with E-state index in [1.807, 2.05) is 0 Å². The molecule has 0 amide bonds. The molecule has 21 heavy (non-hydrogen) atoms. The van der Waals surface area contributed by atoms with E-state index in [-0.39, 0.29) is 10.9 Å². The van der Waals surface area contributed by atoms with Crippen LogP contribution in [0.5, 0.6) is 11.6 Å². The van der Waals surface area contributed by atoms with Gasteiger partial charge >= 0.3 is 0 Å². The van der Waals surface area contributed by atoms with Gasteiger partial charge in [-0.05, 0) is 36.7 Å². The number of halogens is 3. The van der Waals surface area contributed by atoms with Crippen LogP contribution in [0.15, 0.2) is 30.5 Å². The lowest BCUT2D eigenvalue weighted by Gasteiger charge is -2.09. The Morgan fingerprint density at radius 1 is 1.24 bits per heavy atom. The molecule has 1 heterocycles. The largest absolute Gasteiger partial charge is 0.437 e. The van der Waals surface area contributed by atoms with Crippen LogP contribution >= 0.6 is 23.2 Å². The Hall–Kier alpha value is -1.36. The number of hydrogen-bond acceptors (Lipinski definition) is 3. The number of nitrogens with zero attached hydrogens (tertiary/aromatic N) is 1. The first-order chi connectivity index (χ1) is 10.1. The summed E-state index contributed by atoms with van der Waals surface area (Å²) in [5.41, 5.74) is 0.970. The summed E-state index contributed by atoms with van der Waals surface area (Å²) in [4.78, 5) is 4.17. The fourth-order valence-corrected chi connectivity index (χ4v) is 2.10. The molecule has 1 aromatic heterocycles. The summed E-state index contributed by atoms with van der Waals surface area (Å²) >= 11 is 11.8. The Kier molecular flexibility index (Phi) is 5.79. The van der Waals surface area contributed by atoms with Gasteiger partial charge in [-0.1, -0.05) is 30.1 Å². The van der Waals surface area contributed by atoms with Gasteiger partial charge in [-0.2, -0.15) is 0 Å². The van der Waals surface area contributed by atoms with Gasteiger partial charge in [0.1, 0.15) is 16.6 Å². The zero-order chi connectivity index (χ0) is 15.2. The van der Waals surface area contributed by atoms with Crippen LogP contribution in [0.3, 0.4) is 0 Å². The van der Waals surface area contributed by atoms with Crippen LogP contribution < -0.4 is 10.1 Å². The number of ether oxygens (including phenoxy) is 1. The van der Waals surface area contributed by atoms with Crippen LogP contribution in [0.1, 0.15) is 18.9 Å². The van der Waals surface area contributed by atoms with Crippen LogP contribution in [0.4, 0.5) is 4.39 Å². The fourth-order valence-electron chi connectivity index (χ4n) is 1.70. The van der Waals surface area contributed by atoms with Gasteiger partial charge in [0.25, 0.3) is 0 Å². The van der Waals surface area contributed by atoms with Crippen molar-refractivity contribution in [3.8, 4) is 11.6 Å². The van der Waals surface area contributed by atoms with Gasteiger partial charge in [0.05, 0.1) is 5.02 Å². The zero-order valence-corrected chi connectivity index (χ0v) is 13.0. The first-order valence-corrected chi connectivity index (χ1v) is 7.33. The summed E-state index contributed by atoms with van der Waals surface area (Å²) in [6.45, 7) is 3.73. The molecule has 0 radical (unpaired) electrons. The number of nitrogens with one attached hydrogen (secondary N) is 1. The molecule has 0 unspecified atom stereocenters. The highest BCUT2D eigenvalue weighted by atomic mass is 35.5. The van der Waals surface area contributed by atoms with Crippen LogP contribution in [-0.4, -0.2) is 11.5 Å². The highest BCUT2D eigenvalue weighted by molar-refractivity contribution is 6.32. The predicted molar refractivity (Wildman–Crippen MR) is 82.7 cm³/mol. The van der Waals surface area contributed by atoms with Gasteiger partial charge < -0.3 is 10.1 Å².